The number of aliphatic hydroxyl groups excluding tert-OH is 5. The minimum absolute atomic E-state index is 0.168. The molecule has 1 aliphatic carbocycles. The maximum absolute atomic E-state index is 12.7. The van der Waals surface area contributed by atoms with E-state index in [0.717, 1.165) is 6.26 Å². The van der Waals surface area contributed by atoms with Crippen LogP contribution in [0.15, 0.2) is 42.7 Å². The molecule has 6 N–H and O–H groups in total. The number of ether oxygens (including phenoxy) is 5. The molecule has 0 aromatic heterocycles. The first-order chi connectivity index (χ1) is 17.5. The lowest BCUT2D eigenvalue weighted by atomic mass is 9.81. The molecule has 2 fully saturated rings. The Balaban J connectivity index is 1.53. The average molecular weight is 525 g/mol. The lowest BCUT2D eigenvalue weighted by Gasteiger charge is -2.45. The van der Waals surface area contributed by atoms with Crippen LogP contribution in [0.25, 0.3) is 6.08 Å². The first kappa shape index (κ1) is 27.5. The summed E-state index contributed by atoms with van der Waals surface area (Å²) in [5.74, 6) is -1.29. The van der Waals surface area contributed by atoms with E-state index in [1.54, 1.807) is 31.4 Å². The lowest BCUT2D eigenvalue weighted by molar-refractivity contribution is -0.351. The van der Waals surface area contributed by atoms with E-state index >= 15 is 0 Å². The van der Waals surface area contributed by atoms with E-state index in [0.29, 0.717) is 11.3 Å². The summed E-state index contributed by atoms with van der Waals surface area (Å²) in [5, 5.41) is 61.9. The summed E-state index contributed by atoms with van der Waals surface area (Å²) in [7, 11) is 1.54. The van der Waals surface area contributed by atoms with Crippen molar-refractivity contribution in [2.75, 3.05) is 13.7 Å². The third-order valence-corrected chi connectivity index (χ3v) is 7.09. The van der Waals surface area contributed by atoms with Gasteiger partial charge in [0.05, 0.1) is 32.0 Å². The fraction of sp³-hybridized carbons (Fsp3) is 0.560. The Bertz CT molecular complexity index is 1010. The molecule has 2 heterocycles. The van der Waals surface area contributed by atoms with Crippen molar-refractivity contribution in [1.82, 2.24) is 0 Å². The van der Waals surface area contributed by atoms with Crippen LogP contribution < -0.4 is 4.74 Å². The second-order valence-electron chi connectivity index (χ2n) is 9.57. The van der Waals surface area contributed by atoms with Crippen LogP contribution in [-0.4, -0.2) is 105 Å². The van der Waals surface area contributed by atoms with Crippen LogP contribution >= 0.6 is 0 Å². The minimum Gasteiger partial charge on any atom is -0.497 e. The number of carbonyl (C=O) groups excluding carboxylic acids is 1. The number of carbonyl (C=O) groups is 1. The van der Waals surface area contributed by atoms with Gasteiger partial charge >= 0.3 is 5.97 Å². The normalized spacial score (nSPS) is 41.3. The highest BCUT2D eigenvalue weighted by Crippen LogP contribution is 2.51. The fourth-order valence-corrected chi connectivity index (χ4v) is 5.07. The Morgan fingerprint density at radius 1 is 1.11 bits per heavy atom. The maximum Gasteiger partial charge on any atom is 0.331 e. The Morgan fingerprint density at radius 3 is 2.46 bits per heavy atom. The second kappa shape index (κ2) is 10.7. The summed E-state index contributed by atoms with van der Waals surface area (Å²) in [6, 6.07) is 6.94. The van der Waals surface area contributed by atoms with E-state index < -0.39 is 72.8 Å². The first-order valence-electron chi connectivity index (χ1n) is 11.8. The predicted octanol–water partition coefficient (Wildman–Crippen LogP) is -1.19. The summed E-state index contributed by atoms with van der Waals surface area (Å²) in [6.07, 6.45) is -5.73. The van der Waals surface area contributed by atoms with E-state index in [1.807, 2.05) is 0 Å². The number of rotatable bonds is 7. The summed E-state index contributed by atoms with van der Waals surface area (Å²) in [4.78, 5) is 12.7. The molecule has 0 unspecified atom stereocenters. The van der Waals surface area contributed by atoms with Gasteiger partial charge in [-0.05, 0) is 36.8 Å². The molecule has 1 saturated heterocycles. The van der Waals surface area contributed by atoms with Crippen molar-refractivity contribution in [3.05, 3.63) is 48.2 Å². The largest absolute Gasteiger partial charge is 0.497 e. The molecule has 1 saturated carbocycles. The molecule has 1 aromatic carbocycles. The zero-order valence-electron chi connectivity index (χ0n) is 20.3. The highest BCUT2D eigenvalue weighted by Gasteiger charge is 2.66. The predicted molar refractivity (Wildman–Crippen MR) is 124 cm³/mol. The molecule has 10 atom stereocenters. The highest BCUT2D eigenvalue weighted by atomic mass is 16.8. The topological polar surface area (TPSA) is 185 Å². The quantitative estimate of drug-likeness (QED) is 0.185. The van der Waals surface area contributed by atoms with Crippen molar-refractivity contribution in [2.45, 2.75) is 67.6 Å². The third kappa shape index (κ3) is 5.24. The van der Waals surface area contributed by atoms with Crippen molar-refractivity contribution in [1.29, 1.82) is 0 Å². The number of hydrogen-bond donors (Lipinski definition) is 6. The van der Waals surface area contributed by atoms with Crippen molar-refractivity contribution in [3.63, 3.8) is 0 Å². The van der Waals surface area contributed by atoms with Crippen molar-refractivity contribution in [3.8, 4) is 5.75 Å². The first-order valence-corrected chi connectivity index (χ1v) is 11.8. The van der Waals surface area contributed by atoms with Crippen LogP contribution in [0.4, 0.5) is 0 Å². The standard InChI is InChI=1S/C25H32O12/c1-24(37-17(28)8-5-13-3-6-14(33-2)7-4-13)11-16(27)25(32)9-10-34-23(21(24)25)36-22-20(31)19(30)18(29)15(12-26)35-22/h3-10,15-16,18-23,26-27,29-32H,11-12H2,1-2H3/b8-5-/t15-,16-,18-,19+,20-,21-,22+,23+,24+,25-/m1/s1. The molecule has 3 aliphatic rings. The number of fused-ring (bicyclic) bond motifs is 1. The van der Waals surface area contributed by atoms with E-state index in [-0.39, 0.29) is 6.42 Å². The Morgan fingerprint density at radius 2 is 1.81 bits per heavy atom. The van der Waals surface area contributed by atoms with Gasteiger partial charge in [0.1, 0.15) is 41.4 Å². The van der Waals surface area contributed by atoms with Crippen LogP contribution in [0.2, 0.25) is 0 Å². The van der Waals surface area contributed by atoms with E-state index in [2.05, 4.69) is 0 Å². The SMILES string of the molecule is COc1ccc(/C=C\C(=O)O[C@@]2(C)C[C@@H](O)[C@]3(O)C=CO[C@@H](O[C@@H]4O[C@H](CO)[C@@H](O)[C@H](O)[C@H]4O)[C@@H]32)cc1. The molecule has 0 radical (unpaired) electrons. The molecule has 37 heavy (non-hydrogen) atoms. The van der Waals surface area contributed by atoms with E-state index in [9.17, 15) is 35.4 Å². The summed E-state index contributed by atoms with van der Waals surface area (Å²) < 4.78 is 27.4. The summed E-state index contributed by atoms with van der Waals surface area (Å²) in [6.45, 7) is 0.836. The minimum atomic E-state index is -1.92. The number of methoxy groups -OCH3 is 1. The molecule has 12 heteroatoms. The van der Waals surface area contributed by atoms with Crippen molar-refractivity contribution >= 4 is 12.0 Å². The molecule has 4 rings (SSSR count). The van der Waals surface area contributed by atoms with Gasteiger partial charge < -0.3 is 54.3 Å². The number of esters is 1. The third-order valence-electron chi connectivity index (χ3n) is 7.09. The molecular formula is C25H32O12. The molecule has 12 nitrogen and oxygen atoms in total. The molecular weight excluding hydrogens is 492 g/mol. The fourth-order valence-electron chi connectivity index (χ4n) is 5.07. The van der Waals surface area contributed by atoms with Crippen LogP contribution in [-0.2, 0) is 23.7 Å². The lowest BCUT2D eigenvalue weighted by Crippen LogP contribution is -2.62. The number of aliphatic hydroxyl groups is 6. The number of hydrogen-bond acceptors (Lipinski definition) is 12. The molecule has 0 spiro atoms. The molecule has 0 bridgehead atoms. The number of benzene rings is 1. The van der Waals surface area contributed by atoms with E-state index in [1.165, 1.54) is 25.2 Å². The summed E-state index contributed by atoms with van der Waals surface area (Å²) in [5.41, 5.74) is -2.72. The monoisotopic (exact) mass is 524 g/mol. The smallest absolute Gasteiger partial charge is 0.331 e. The van der Waals surface area contributed by atoms with Gasteiger partial charge in [-0.3, -0.25) is 0 Å². The second-order valence-corrected chi connectivity index (χ2v) is 9.57. The van der Waals surface area contributed by atoms with Gasteiger partial charge in [0.2, 0.25) is 6.29 Å². The zero-order valence-corrected chi connectivity index (χ0v) is 20.3. The molecule has 0 amide bonds. The molecule has 1 aromatic rings. The highest BCUT2D eigenvalue weighted by molar-refractivity contribution is 5.87. The van der Waals surface area contributed by atoms with Gasteiger partial charge in [-0.2, -0.15) is 0 Å². The summed E-state index contributed by atoms with van der Waals surface area (Å²) >= 11 is 0. The van der Waals surface area contributed by atoms with Gasteiger partial charge in [0, 0.05) is 12.5 Å². The maximum atomic E-state index is 12.7. The van der Waals surface area contributed by atoms with Gasteiger partial charge in [-0.15, -0.1) is 0 Å². The van der Waals surface area contributed by atoms with Crippen LogP contribution in [0, 0.1) is 5.92 Å². The molecule has 204 valence electrons. The van der Waals surface area contributed by atoms with Gasteiger partial charge in [-0.1, -0.05) is 12.1 Å². The molecule has 2 aliphatic heterocycles. The Kier molecular flexibility index (Phi) is 7.93. The Labute approximate surface area is 212 Å². The zero-order chi connectivity index (χ0) is 27.0. The van der Waals surface area contributed by atoms with Gasteiger partial charge in [0.15, 0.2) is 6.29 Å². The van der Waals surface area contributed by atoms with E-state index in [4.69, 9.17) is 23.7 Å². The average Bonchev–Trinajstić information content (AvgIpc) is 3.08. The van der Waals surface area contributed by atoms with Gasteiger partial charge in [-0.25, -0.2) is 4.79 Å². The van der Waals surface area contributed by atoms with Crippen molar-refractivity contribution < 1.29 is 59.1 Å². The Hall–Kier alpha value is -2.55. The van der Waals surface area contributed by atoms with Crippen LogP contribution in [0.3, 0.4) is 0 Å². The van der Waals surface area contributed by atoms with Gasteiger partial charge in [0.25, 0.3) is 0 Å². The van der Waals surface area contributed by atoms with Crippen LogP contribution in [0.1, 0.15) is 18.9 Å². The van der Waals surface area contributed by atoms with Crippen LogP contribution in [0.5, 0.6) is 5.75 Å². The van der Waals surface area contributed by atoms with Crippen molar-refractivity contribution in [2.24, 2.45) is 5.92 Å².